The Morgan fingerprint density at radius 3 is 2.77 bits per heavy atom. The van der Waals surface area contributed by atoms with Gasteiger partial charge in [0.05, 0.1) is 16.3 Å². The minimum absolute atomic E-state index is 0.367. The number of benzene rings is 1. The number of rotatable bonds is 6. The molecule has 0 atom stereocenters. The van der Waals surface area contributed by atoms with Gasteiger partial charge in [-0.15, -0.1) is 11.3 Å². The minimum Gasteiger partial charge on any atom is -0.398 e. The number of aryl methyl sites for hydroxylation is 1. The van der Waals surface area contributed by atoms with Crippen molar-refractivity contribution in [3.05, 3.63) is 64.6 Å². The lowest BCUT2D eigenvalue weighted by molar-refractivity contribution is 0.342. The number of nitrogen functional groups attached to an aromatic ring is 1. The molecule has 3 rings (SSSR count). The maximum absolute atomic E-state index is 8.65. The molecule has 0 unspecified atom stereocenters. The summed E-state index contributed by atoms with van der Waals surface area (Å²) in [6, 6.07) is 9.72. The molecule has 6 heteroatoms. The monoisotopic (exact) mass is 365 g/mol. The van der Waals surface area contributed by atoms with Crippen molar-refractivity contribution >= 4 is 22.7 Å². The number of thiazole rings is 1. The Labute approximate surface area is 158 Å². The van der Waals surface area contributed by atoms with Crippen molar-refractivity contribution in [2.24, 2.45) is 0 Å². The predicted octanol–water partition coefficient (Wildman–Crippen LogP) is 3.96. The zero-order valence-corrected chi connectivity index (χ0v) is 16.1. The molecule has 0 saturated heterocycles. The van der Waals surface area contributed by atoms with Crippen LogP contribution in [-0.4, -0.2) is 34.2 Å². The van der Waals surface area contributed by atoms with Gasteiger partial charge in [0.15, 0.2) is 0 Å². The van der Waals surface area contributed by atoms with E-state index in [0.717, 1.165) is 40.4 Å². The molecule has 2 aromatic heterocycles. The van der Waals surface area contributed by atoms with Crippen LogP contribution in [0, 0.1) is 12.3 Å². The second kappa shape index (κ2) is 7.76. The molecule has 0 saturated carbocycles. The maximum atomic E-state index is 8.65. The number of anilines is 1. The summed E-state index contributed by atoms with van der Waals surface area (Å²) in [5.41, 5.74) is 10.9. The van der Waals surface area contributed by atoms with Gasteiger partial charge in [-0.25, -0.2) is 4.98 Å². The van der Waals surface area contributed by atoms with Gasteiger partial charge in [0.1, 0.15) is 5.01 Å². The van der Waals surface area contributed by atoms with E-state index in [4.69, 9.17) is 16.1 Å². The third-order valence-corrected chi connectivity index (χ3v) is 5.55. The number of nitrogens with two attached hydrogens (primary N) is 1. The van der Waals surface area contributed by atoms with Crippen molar-refractivity contribution in [3.63, 3.8) is 0 Å². The second-order valence-electron chi connectivity index (χ2n) is 6.28. The molecule has 3 N–H and O–H groups in total. The van der Waals surface area contributed by atoms with Crippen LogP contribution in [0.4, 0.5) is 5.69 Å². The third kappa shape index (κ3) is 3.66. The molecular formula is C20H23N5S. The molecule has 1 aromatic carbocycles. The molecule has 0 spiro atoms. The summed E-state index contributed by atoms with van der Waals surface area (Å²) in [4.78, 5) is 12.3. The van der Waals surface area contributed by atoms with Crippen molar-refractivity contribution in [3.8, 4) is 10.4 Å². The zero-order valence-electron chi connectivity index (χ0n) is 15.3. The fraction of sp³-hybridized carbons (Fsp3) is 0.250. The lowest BCUT2D eigenvalue weighted by Crippen LogP contribution is -2.17. The maximum Gasteiger partial charge on any atom is 0.142 e. The van der Waals surface area contributed by atoms with E-state index in [1.54, 1.807) is 6.20 Å². The molecular weight excluding hydrogens is 342 g/mol. The lowest BCUT2D eigenvalue weighted by atomic mass is 10.0. The number of hydrogen-bond donors (Lipinski definition) is 2. The highest BCUT2D eigenvalue weighted by Crippen LogP contribution is 2.32. The van der Waals surface area contributed by atoms with Gasteiger partial charge in [-0.05, 0) is 32.1 Å². The molecule has 0 bridgehead atoms. The fourth-order valence-electron chi connectivity index (χ4n) is 2.67. The van der Waals surface area contributed by atoms with Crippen LogP contribution in [0.15, 0.2) is 42.7 Å². The summed E-state index contributed by atoms with van der Waals surface area (Å²) in [6.07, 6.45) is 3.61. The highest BCUT2D eigenvalue weighted by atomic mass is 32.1. The van der Waals surface area contributed by atoms with Crippen molar-refractivity contribution in [1.29, 1.82) is 5.41 Å². The van der Waals surface area contributed by atoms with E-state index in [-0.39, 0.29) is 0 Å². The largest absolute Gasteiger partial charge is 0.398 e. The Kier molecular flexibility index (Phi) is 5.44. The normalized spacial score (nSPS) is 11.1. The Balaban J connectivity index is 2.05. The molecule has 0 radical (unpaired) electrons. The number of nitrogens with one attached hydrogen (secondary N) is 1. The van der Waals surface area contributed by atoms with Gasteiger partial charge < -0.3 is 10.6 Å². The molecule has 26 heavy (non-hydrogen) atoms. The first-order chi connectivity index (χ1) is 12.5. The van der Waals surface area contributed by atoms with Gasteiger partial charge in [0.25, 0.3) is 0 Å². The minimum atomic E-state index is 0.367. The van der Waals surface area contributed by atoms with Crippen molar-refractivity contribution < 1.29 is 0 Å². The first-order valence-electron chi connectivity index (χ1n) is 8.54. The molecule has 0 aliphatic carbocycles. The quantitative estimate of drug-likeness (QED) is 0.512. The first kappa shape index (κ1) is 18.2. The van der Waals surface area contributed by atoms with Gasteiger partial charge in [0.2, 0.25) is 0 Å². The van der Waals surface area contributed by atoms with Crippen LogP contribution in [0.3, 0.4) is 0 Å². The van der Waals surface area contributed by atoms with E-state index >= 15 is 0 Å². The highest BCUT2D eigenvalue weighted by molar-refractivity contribution is 7.17. The molecule has 0 aliphatic rings. The SMILES string of the molecule is CCN(C)Cc1nc(C(=N)c2cccc(C)c2N)sc1-c1cccnc1. The summed E-state index contributed by atoms with van der Waals surface area (Å²) in [5.74, 6) is 0. The summed E-state index contributed by atoms with van der Waals surface area (Å²) >= 11 is 1.52. The van der Waals surface area contributed by atoms with Crippen LogP contribution in [0.25, 0.3) is 10.4 Å². The standard InChI is InChI=1S/C20H23N5S/c1-4-25(3)12-16-19(14-8-6-10-23-11-14)26-20(24-16)18(22)15-9-5-7-13(2)17(15)21/h5-11,22H,4,12,21H2,1-3H3. The summed E-state index contributed by atoms with van der Waals surface area (Å²) in [5, 5.41) is 9.33. The van der Waals surface area contributed by atoms with E-state index in [0.29, 0.717) is 16.4 Å². The van der Waals surface area contributed by atoms with Crippen LogP contribution in [0.2, 0.25) is 0 Å². The van der Waals surface area contributed by atoms with Gasteiger partial charge in [-0.1, -0.05) is 31.2 Å². The average Bonchev–Trinajstić information content (AvgIpc) is 3.07. The van der Waals surface area contributed by atoms with Crippen LogP contribution >= 0.6 is 11.3 Å². The number of pyridine rings is 1. The van der Waals surface area contributed by atoms with Crippen LogP contribution in [0.1, 0.15) is 28.8 Å². The zero-order chi connectivity index (χ0) is 18.7. The first-order valence-corrected chi connectivity index (χ1v) is 9.36. The topological polar surface area (TPSA) is 78.9 Å². The van der Waals surface area contributed by atoms with Crippen LogP contribution in [-0.2, 0) is 6.54 Å². The van der Waals surface area contributed by atoms with Crippen molar-refractivity contribution in [2.45, 2.75) is 20.4 Å². The smallest absolute Gasteiger partial charge is 0.142 e. The van der Waals surface area contributed by atoms with Gasteiger partial charge >= 0.3 is 0 Å². The molecule has 0 fully saturated rings. The van der Waals surface area contributed by atoms with Gasteiger partial charge in [-0.3, -0.25) is 10.4 Å². The van der Waals surface area contributed by atoms with Gasteiger partial charge in [0, 0.05) is 35.8 Å². The molecule has 0 amide bonds. The number of nitrogens with zero attached hydrogens (tertiary/aromatic N) is 3. The third-order valence-electron chi connectivity index (χ3n) is 4.39. The van der Waals surface area contributed by atoms with Crippen LogP contribution in [0.5, 0.6) is 0 Å². The van der Waals surface area contributed by atoms with E-state index in [1.807, 2.05) is 43.5 Å². The summed E-state index contributed by atoms with van der Waals surface area (Å²) in [6.45, 7) is 5.73. The Morgan fingerprint density at radius 2 is 2.08 bits per heavy atom. The van der Waals surface area contributed by atoms with E-state index in [2.05, 4.69) is 23.9 Å². The molecule has 0 aliphatic heterocycles. The molecule has 5 nitrogen and oxygen atoms in total. The van der Waals surface area contributed by atoms with Crippen LogP contribution < -0.4 is 5.73 Å². The number of aromatic nitrogens is 2. The average molecular weight is 366 g/mol. The molecule has 134 valence electrons. The second-order valence-corrected chi connectivity index (χ2v) is 7.28. The van der Waals surface area contributed by atoms with Crippen molar-refractivity contribution in [1.82, 2.24) is 14.9 Å². The predicted molar refractivity (Wildman–Crippen MR) is 109 cm³/mol. The van der Waals surface area contributed by atoms with E-state index in [9.17, 15) is 0 Å². The number of hydrogen-bond acceptors (Lipinski definition) is 6. The lowest BCUT2D eigenvalue weighted by Gasteiger charge is -2.13. The molecule has 3 aromatic rings. The molecule has 2 heterocycles. The van der Waals surface area contributed by atoms with Gasteiger partial charge in [-0.2, -0.15) is 0 Å². The number of para-hydroxylation sites is 1. The Morgan fingerprint density at radius 1 is 1.27 bits per heavy atom. The highest BCUT2D eigenvalue weighted by Gasteiger charge is 2.19. The van der Waals surface area contributed by atoms with E-state index < -0.39 is 0 Å². The Hall–Kier alpha value is -2.57. The Bertz CT molecular complexity index is 917. The van der Waals surface area contributed by atoms with E-state index in [1.165, 1.54) is 11.3 Å². The fourth-order valence-corrected chi connectivity index (χ4v) is 3.70. The summed E-state index contributed by atoms with van der Waals surface area (Å²) < 4.78 is 0. The summed E-state index contributed by atoms with van der Waals surface area (Å²) in [7, 11) is 2.07. The van der Waals surface area contributed by atoms with Crippen molar-refractivity contribution in [2.75, 3.05) is 19.3 Å².